The molecule has 1 heterocycles. The van der Waals surface area contributed by atoms with Gasteiger partial charge in [0, 0.05) is 25.5 Å². The Labute approximate surface area is 156 Å². The molecule has 0 spiro atoms. The molecular formula is C16H25BrN4O4. The first-order valence-corrected chi connectivity index (χ1v) is 8.66. The van der Waals surface area contributed by atoms with Gasteiger partial charge in [-0.3, -0.25) is 4.79 Å². The number of rotatable bonds is 7. The largest absolute Gasteiger partial charge is 0.450 e. The Morgan fingerprint density at radius 1 is 1.08 bits per heavy atom. The molecule has 140 valence electrons. The van der Waals surface area contributed by atoms with Gasteiger partial charge in [-0.25, -0.2) is 14.8 Å². The van der Waals surface area contributed by atoms with E-state index in [1.165, 1.54) is 0 Å². The van der Waals surface area contributed by atoms with Gasteiger partial charge in [0.2, 0.25) is 0 Å². The molecule has 0 saturated carbocycles. The van der Waals surface area contributed by atoms with E-state index in [-0.39, 0.29) is 6.54 Å². The summed E-state index contributed by atoms with van der Waals surface area (Å²) in [7, 11) is 0. The zero-order valence-corrected chi connectivity index (χ0v) is 16.8. The molecule has 0 aliphatic carbocycles. The van der Waals surface area contributed by atoms with Gasteiger partial charge in [0.05, 0.1) is 11.0 Å². The molecule has 0 bridgehead atoms. The summed E-state index contributed by atoms with van der Waals surface area (Å²) in [6.07, 6.45) is 2.70. The van der Waals surface area contributed by atoms with Crippen molar-refractivity contribution in [2.75, 3.05) is 19.6 Å². The number of halogens is 1. The summed E-state index contributed by atoms with van der Waals surface area (Å²) in [6, 6.07) is 0. The molecule has 2 N–H and O–H groups in total. The van der Waals surface area contributed by atoms with Crippen LogP contribution in [0.15, 0.2) is 16.9 Å². The molecule has 8 nitrogen and oxygen atoms in total. The smallest absolute Gasteiger partial charge is 0.407 e. The van der Waals surface area contributed by atoms with Crippen molar-refractivity contribution >= 4 is 28.0 Å². The molecule has 0 fully saturated rings. The van der Waals surface area contributed by atoms with Crippen LogP contribution < -0.4 is 10.6 Å². The molecular weight excluding hydrogens is 392 g/mol. The maximum Gasteiger partial charge on any atom is 0.407 e. The van der Waals surface area contributed by atoms with E-state index in [0.29, 0.717) is 18.9 Å². The molecule has 0 atom stereocenters. The van der Waals surface area contributed by atoms with Crippen LogP contribution in [0, 0.1) is 0 Å². The average molecular weight is 417 g/mol. The molecule has 0 aromatic carbocycles. The molecule has 9 heteroatoms. The van der Waals surface area contributed by atoms with E-state index in [9.17, 15) is 9.59 Å². The number of nitrogens with one attached hydrogen (secondary N) is 2. The van der Waals surface area contributed by atoms with Gasteiger partial charge >= 0.3 is 12.1 Å². The lowest BCUT2D eigenvalue weighted by Crippen LogP contribution is -2.38. The molecule has 1 amide bonds. The van der Waals surface area contributed by atoms with E-state index in [4.69, 9.17) is 9.47 Å². The number of ether oxygens (including phenoxy) is 2. The van der Waals surface area contributed by atoms with Crippen LogP contribution in [0.25, 0.3) is 0 Å². The van der Waals surface area contributed by atoms with E-state index in [1.807, 2.05) is 0 Å². The number of carbonyl (C=O) groups is 2. The standard InChI is InChI=1S/C16H25BrN4O4/c1-15(2,3)25-14(23)19-7-6-18-10-12(22)24-16(4,5)13-20-8-11(17)9-21-13/h8-9,18H,6-7,10H2,1-5H3,(H,19,23). The number of amides is 1. The van der Waals surface area contributed by atoms with Gasteiger partial charge < -0.3 is 20.1 Å². The molecule has 0 aliphatic heterocycles. The van der Waals surface area contributed by atoms with Crippen LogP contribution in [0.4, 0.5) is 4.79 Å². The summed E-state index contributed by atoms with van der Waals surface area (Å²) in [6.45, 7) is 9.56. The number of esters is 1. The molecule has 0 saturated heterocycles. The Hall–Kier alpha value is -1.74. The van der Waals surface area contributed by atoms with Gasteiger partial charge in [-0.1, -0.05) is 0 Å². The molecule has 1 aromatic rings. The van der Waals surface area contributed by atoms with Gasteiger partial charge in [-0.15, -0.1) is 0 Å². The summed E-state index contributed by atoms with van der Waals surface area (Å²) < 4.78 is 11.3. The van der Waals surface area contributed by atoms with Gasteiger partial charge in [0.15, 0.2) is 11.4 Å². The van der Waals surface area contributed by atoms with Crippen LogP contribution >= 0.6 is 15.9 Å². The Morgan fingerprint density at radius 2 is 1.68 bits per heavy atom. The maximum absolute atomic E-state index is 11.9. The summed E-state index contributed by atoms with van der Waals surface area (Å²) in [4.78, 5) is 31.7. The fourth-order valence-corrected chi connectivity index (χ4v) is 1.95. The van der Waals surface area contributed by atoms with Crippen molar-refractivity contribution in [3.63, 3.8) is 0 Å². The average Bonchev–Trinajstić information content (AvgIpc) is 2.44. The lowest BCUT2D eigenvalue weighted by atomic mass is 10.1. The second-order valence-electron chi connectivity index (χ2n) is 6.81. The number of hydrogen-bond donors (Lipinski definition) is 2. The summed E-state index contributed by atoms with van der Waals surface area (Å²) in [5.41, 5.74) is -1.48. The summed E-state index contributed by atoms with van der Waals surface area (Å²) in [5.74, 6) is -0.0237. The molecule has 1 aromatic heterocycles. The Kier molecular flexibility index (Phi) is 7.75. The molecule has 1 rings (SSSR count). The Bertz CT molecular complexity index is 585. The maximum atomic E-state index is 11.9. The first kappa shape index (κ1) is 21.3. The number of hydrogen-bond acceptors (Lipinski definition) is 7. The van der Waals surface area contributed by atoms with Crippen LogP contribution in [0.1, 0.15) is 40.4 Å². The van der Waals surface area contributed by atoms with E-state index >= 15 is 0 Å². The summed E-state index contributed by atoms with van der Waals surface area (Å²) in [5, 5.41) is 5.49. The lowest BCUT2D eigenvalue weighted by molar-refractivity contribution is -0.157. The number of alkyl carbamates (subject to hydrolysis) is 1. The zero-order chi connectivity index (χ0) is 19.1. The zero-order valence-electron chi connectivity index (χ0n) is 15.2. The second-order valence-corrected chi connectivity index (χ2v) is 7.73. The number of aromatic nitrogens is 2. The lowest BCUT2D eigenvalue weighted by Gasteiger charge is -2.23. The van der Waals surface area contributed by atoms with Crippen molar-refractivity contribution < 1.29 is 19.1 Å². The third-order valence-electron chi connectivity index (χ3n) is 2.77. The Balaban J connectivity index is 2.28. The highest BCUT2D eigenvalue weighted by atomic mass is 79.9. The first-order valence-electron chi connectivity index (χ1n) is 7.87. The predicted octanol–water partition coefficient (Wildman–Crippen LogP) is 2.13. The van der Waals surface area contributed by atoms with E-state index in [1.54, 1.807) is 47.0 Å². The van der Waals surface area contributed by atoms with E-state index in [0.717, 1.165) is 4.47 Å². The van der Waals surface area contributed by atoms with E-state index < -0.39 is 23.3 Å². The van der Waals surface area contributed by atoms with Crippen LogP contribution in [0.5, 0.6) is 0 Å². The quantitative estimate of drug-likeness (QED) is 0.518. The third-order valence-corrected chi connectivity index (χ3v) is 3.18. The molecule has 0 unspecified atom stereocenters. The van der Waals surface area contributed by atoms with Gasteiger partial charge in [-0.2, -0.15) is 0 Å². The SMILES string of the molecule is CC(C)(C)OC(=O)NCCNCC(=O)OC(C)(C)c1ncc(Br)cn1. The van der Waals surface area contributed by atoms with Gasteiger partial charge in [-0.05, 0) is 50.5 Å². The monoisotopic (exact) mass is 416 g/mol. The molecule has 0 aliphatic rings. The van der Waals surface area contributed by atoms with Gasteiger partial charge in [0.25, 0.3) is 0 Å². The van der Waals surface area contributed by atoms with Crippen molar-refractivity contribution in [3.8, 4) is 0 Å². The highest BCUT2D eigenvalue weighted by molar-refractivity contribution is 9.10. The van der Waals surface area contributed by atoms with Crippen molar-refractivity contribution in [3.05, 3.63) is 22.7 Å². The highest BCUT2D eigenvalue weighted by Crippen LogP contribution is 2.21. The minimum Gasteiger partial charge on any atom is -0.450 e. The van der Waals surface area contributed by atoms with Crippen molar-refractivity contribution in [1.29, 1.82) is 0 Å². The van der Waals surface area contributed by atoms with Crippen LogP contribution in [0.3, 0.4) is 0 Å². The minimum atomic E-state index is -0.936. The molecule has 0 radical (unpaired) electrons. The van der Waals surface area contributed by atoms with Crippen molar-refractivity contribution in [2.24, 2.45) is 0 Å². The van der Waals surface area contributed by atoms with Gasteiger partial charge in [0.1, 0.15) is 5.60 Å². The van der Waals surface area contributed by atoms with Crippen LogP contribution in [-0.4, -0.2) is 47.3 Å². The third kappa shape index (κ3) is 8.78. The second kappa shape index (κ2) is 9.10. The van der Waals surface area contributed by atoms with Crippen molar-refractivity contribution in [2.45, 2.75) is 45.8 Å². The fourth-order valence-electron chi connectivity index (χ4n) is 1.75. The highest BCUT2D eigenvalue weighted by Gasteiger charge is 2.28. The predicted molar refractivity (Wildman–Crippen MR) is 96.0 cm³/mol. The number of carbonyl (C=O) groups excluding carboxylic acids is 2. The number of nitrogens with zero attached hydrogens (tertiary/aromatic N) is 2. The fraction of sp³-hybridized carbons (Fsp3) is 0.625. The van der Waals surface area contributed by atoms with Crippen LogP contribution in [-0.2, 0) is 19.9 Å². The summed E-state index contributed by atoms with van der Waals surface area (Å²) >= 11 is 3.26. The first-order chi connectivity index (χ1) is 11.5. The minimum absolute atomic E-state index is 0.00988. The topological polar surface area (TPSA) is 102 Å². The Morgan fingerprint density at radius 3 is 2.24 bits per heavy atom. The molecule has 25 heavy (non-hydrogen) atoms. The van der Waals surface area contributed by atoms with Crippen molar-refractivity contribution in [1.82, 2.24) is 20.6 Å². The van der Waals surface area contributed by atoms with E-state index in [2.05, 4.69) is 36.5 Å². The van der Waals surface area contributed by atoms with Crippen LogP contribution in [0.2, 0.25) is 0 Å². The normalized spacial score (nSPS) is 11.8.